The number of benzene rings is 1. The van der Waals surface area contributed by atoms with E-state index in [1.54, 1.807) is 0 Å². The minimum atomic E-state index is 0.0602. The zero-order valence-corrected chi connectivity index (χ0v) is 14.9. The number of likely N-dealkylation sites (N-methyl/N-ethyl adjacent to an activating group) is 1. The number of guanidine groups is 1. The quantitative estimate of drug-likeness (QED) is 0.597. The van der Waals surface area contributed by atoms with E-state index in [9.17, 15) is 4.79 Å². The molecule has 0 bridgehead atoms. The van der Waals surface area contributed by atoms with E-state index in [-0.39, 0.29) is 12.5 Å². The molecule has 0 aliphatic heterocycles. The van der Waals surface area contributed by atoms with Gasteiger partial charge in [0.25, 0.3) is 0 Å². The number of aliphatic imine (C=N–C) groups is 1. The minimum Gasteiger partial charge on any atom is -0.357 e. The number of rotatable bonds is 7. The highest BCUT2D eigenvalue weighted by atomic mass is 16.2. The molecule has 1 aromatic carbocycles. The van der Waals surface area contributed by atoms with Crippen LogP contribution in [-0.2, 0) is 11.3 Å². The number of carbonyl (C=O) groups excluding carboxylic acids is 1. The zero-order chi connectivity index (χ0) is 17.2. The van der Waals surface area contributed by atoms with Crippen LogP contribution in [0.15, 0.2) is 35.3 Å². The van der Waals surface area contributed by atoms with E-state index in [0.717, 1.165) is 18.1 Å². The van der Waals surface area contributed by atoms with Crippen LogP contribution in [0.5, 0.6) is 0 Å². The van der Waals surface area contributed by atoms with E-state index < -0.39 is 0 Å². The molecule has 132 valence electrons. The van der Waals surface area contributed by atoms with Gasteiger partial charge in [-0.25, -0.2) is 4.99 Å². The number of nitrogens with one attached hydrogen (secondary N) is 2. The summed E-state index contributed by atoms with van der Waals surface area (Å²) in [5, 5.41) is 6.69. The first-order chi connectivity index (χ1) is 11.7. The third-order valence-corrected chi connectivity index (χ3v) is 4.36. The maximum absolute atomic E-state index is 12.5. The monoisotopic (exact) mass is 330 g/mol. The molecule has 0 unspecified atom stereocenters. The van der Waals surface area contributed by atoms with Crippen molar-refractivity contribution in [1.82, 2.24) is 15.5 Å². The normalized spacial score (nSPS) is 15.3. The second-order valence-electron chi connectivity index (χ2n) is 6.21. The van der Waals surface area contributed by atoms with Gasteiger partial charge in [-0.15, -0.1) is 0 Å². The predicted octanol–water partition coefficient (Wildman–Crippen LogP) is 2.53. The van der Waals surface area contributed by atoms with Crippen LogP contribution in [0.25, 0.3) is 0 Å². The highest BCUT2D eigenvalue weighted by Gasteiger charge is 2.17. The van der Waals surface area contributed by atoms with Gasteiger partial charge in [0.15, 0.2) is 5.96 Å². The summed E-state index contributed by atoms with van der Waals surface area (Å²) >= 11 is 0. The van der Waals surface area contributed by atoms with Crippen molar-refractivity contribution in [3.05, 3.63) is 35.9 Å². The Hall–Kier alpha value is -2.04. The SMILES string of the molecule is CCNC(=NCC(=O)N(CC)Cc1ccccc1)NC1CCCC1. The molecule has 1 aliphatic carbocycles. The minimum absolute atomic E-state index is 0.0602. The van der Waals surface area contributed by atoms with Crippen LogP contribution >= 0.6 is 0 Å². The average molecular weight is 330 g/mol. The molecule has 5 heteroatoms. The molecule has 0 saturated heterocycles. The Balaban J connectivity index is 1.91. The van der Waals surface area contributed by atoms with Crippen LogP contribution in [0.1, 0.15) is 45.1 Å². The number of hydrogen-bond donors (Lipinski definition) is 2. The third kappa shape index (κ3) is 5.87. The molecule has 1 aliphatic rings. The summed E-state index contributed by atoms with van der Waals surface area (Å²) in [6.45, 7) is 6.36. The molecular weight excluding hydrogens is 300 g/mol. The van der Waals surface area contributed by atoms with Gasteiger partial charge in [-0.2, -0.15) is 0 Å². The highest BCUT2D eigenvalue weighted by Crippen LogP contribution is 2.17. The van der Waals surface area contributed by atoms with Gasteiger partial charge >= 0.3 is 0 Å². The summed E-state index contributed by atoms with van der Waals surface area (Å²) in [7, 11) is 0. The van der Waals surface area contributed by atoms with E-state index in [1.165, 1.54) is 25.7 Å². The van der Waals surface area contributed by atoms with Crippen molar-refractivity contribution in [1.29, 1.82) is 0 Å². The van der Waals surface area contributed by atoms with Crippen molar-refractivity contribution < 1.29 is 4.79 Å². The number of hydrogen-bond acceptors (Lipinski definition) is 2. The maximum atomic E-state index is 12.5. The smallest absolute Gasteiger partial charge is 0.244 e. The lowest BCUT2D eigenvalue weighted by atomic mass is 10.2. The van der Waals surface area contributed by atoms with E-state index in [2.05, 4.69) is 15.6 Å². The summed E-state index contributed by atoms with van der Waals surface area (Å²) < 4.78 is 0. The molecule has 24 heavy (non-hydrogen) atoms. The molecule has 2 N–H and O–H groups in total. The van der Waals surface area contributed by atoms with E-state index in [4.69, 9.17) is 0 Å². The van der Waals surface area contributed by atoms with E-state index in [0.29, 0.717) is 19.1 Å². The average Bonchev–Trinajstić information content (AvgIpc) is 3.11. The van der Waals surface area contributed by atoms with Gasteiger partial charge in [0.2, 0.25) is 5.91 Å². The first-order valence-electron chi connectivity index (χ1n) is 9.09. The summed E-state index contributed by atoms with van der Waals surface area (Å²) in [5.74, 6) is 0.818. The van der Waals surface area contributed by atoms with Gasteiger partial charge in [-0.1, -0.05) is 43.2 Å². The summed E-state index contributed by atoms with van der Waals surface area (Å²) in [4.78, 5) is 18.8. The molecule has 0 atom stereocenters. The second-order valence-corrected chi connectivity index (χ2v) is 6.21. The van der Waals surface area contributed by atoms with Crippen molar-refractivity contribution in [2.75, 3.05) is 19.6 Å². The standard InChI is InChI=1S/C19H30N4O/c1-3-20-19(22-17-12-8-9-13-17)21-14-18(24)23(4-2)15-16-10-6-5-7-11-16/h5-7,10-11,17H,3-4,8-9,12-15H2,1-2H3,(H2,20,21,22). The van der Waals surface area contributed by atoms with Crippen LogP contribution in [-0.4, -0.2) is 42.4 Å². The van der Waals surface area contributed by atoms with Crippen molar-refractivity contribution in [2.45, 2.75) is 52.1 Å². The number of carbonyl (C=O) groups is 1. The van der Waals surface area contributed by atoms with Crippen LogP contribution in [0.3, 0.4) is 0 Å². The molecule has 2 rings (SSSR count). The Labute approximate surface area is 145 Å². The summed E-state index contributed by atoms with van der Waals surface area (Å²) in [6.07, 6.45) is 4.92. The van der Waals surface area contributed by atoms with E-state index >= 15 is 0 Å². The van der Waals surface area contributed by atoms with Crippen molar-refractivity contribution in [2.24, 2.45) is 4.99 Å². The molecule has 1 amide bonds. The molecule has 5 nitrogen and oxygen atoms in total. The topological polar surface area (TPSA) is 56.7 Å². The highest BCUT2D eigenvalue weighted by molar-refractivity contribution is 5.85. The fourth-order valence-corrected chi connectivity index (χ4v) is 3.01. The first-order valence-corrected chi connectivity index (χ1v) is 9.09. The lowest BCUT2D eigenvalue weighted by Gasteiger charge is -2.21. The van der Waals surface area contributed by atoms with Crippen LogP contribution < -0.4 is 10.6 Å². The fourth-order valence-electron chi connectivity index (χ4n) is 3.01. The summed E-state index contributed by atoms with van der Waals surface area (Å²) in [5.41, 5.74) is 1.15. The fraction of sp³-hybridized carbons (Fsp3) is 0.579. The first kappa shape index (κ1) is 18.3. The van der Waals surface area contributed by atoms with Gasteiger partial charge in [0.05, 0.1) is 0 Å². The number of nitrogens with zero attached hydrogens (tertiary/aromatic N) is 2. The van der Waals surface area contributed by atoms with Crippen molar-refractivity contribution in [3.63, 3.8) is 0 Å². The third-order valence-electron chi connectivity index (χ3n) is 4.36. The molecule has 0 heterocycles. The zero-order valence-electron chi connectivity index (χ0n) is 14.9. The van der Waals surface area contributed by atoms with Crippen LogP contribution in [0.4, 0.5) is 0 Å². The molecule has 1 fully saturated rings. The Morgan fingerprint density at radius 3 is 2.54 bits per heavy atom. The molecular formula is C19H30N4O. The van der Waals surface area contributed by atoms with Gasteiger partial charge in [-0.3, -0.25) is 4.79 Å². The van der Waals surface area contributed by atoms with E-state index in [1.807, 2.05) is 49.1 Å². The van der Waals surface area contributed by atoms with Crippen LogP contribution in [0.2, 0.25) is 0 Å². The molecule has 0 radical (unpaired) electrons. The predicted molar refractivity (Wildman–Crippen MR) is 98.9 cm³/mol. The lowest BCUT2D eigenvalue weighted by Crippen LogP contribution is -2.43. The van der Waals surface area contributed by atoms with Crippen molar-refractivity contribution >= 4 is 11.9 Å². The maximum Gasteiger partial charge on any atom is 0.244 e. The van der Waals surface area contributed by atoms with Gasteiger partial charge in [0, 0.05) is 25.7 Å². The largest absolute Gasteiger partial charge is 0.357 e. The van der Waals surface area contributed by atoms with Gasteiger partial charge in [-0.05, 0) is 32.3 Å². The van der Waals surface area contributed by atoms with Crippen LogP contribution in [0, 0.1) is 0 Å². The molecule has 1 saturated carbocycles. The Morgan fingerprint density at radius 2 is 1.92 bits per heavy atom. The Morgan fingerprint density at radius 1 is 1.21 bits per heavy atom. The Bertz CT molecular complexity index is 523. The summed E-state index contributed by atoms with van der Waals surface area (Å²) in [6, 6.07) is 10.6. The molecule has 1 aromatic rings. The van der Waals surface area contributed by atoms with Gasteiger partial charge < -0.3 is 15.5 Å². The molecule has 0 spiro atoms. The number of amides is 1. The Kier molecular flexibility index (Phi) is 7.59. The van der Waals surface area contributed by atoms with Gasteiger partial charge in [0.1, 0.15) is 6.54 Å². The second kappa shape index (κ2) is 9.96. The lowest BCUT2D eigenvalue weighted by molar-refractivity contribution is -0.130. The molecule has 0 aromatic heterocycles. The van der Waals surface area contributed by atoms with Crippen molar-refractivity contribution in [3.8, 4) is 0 Å².